The molecule has 2 aromatic carbocycles. The number of nitrogens with zero attached hydrogens (tertiary/aromatic N) is 3. The van der Waals surface area contributed by atoms with Crippen LogP contribution in [0.4, 0.5) is 11.4 Å². The molecule has 0 aliphatic carbocycles. The summed E-state index contributed by atoms with van der Waals surface area (Å²) < 4.78 is 0. The molecule has 1 amide bonds. The van der Waals surface area contributed by atoms with Crippen molar-refractivity contribution in [3.05, 3.63) is 79.9 Å². The molecule has 0 unspecified atom stereocenters. The van der Waals surface area contributed by atoms with E-state index in [-0.39, 0.29) is 17.3 Å². The largest absolute Gasteiger partial charge is 0.338 e. The van der Waals surface area contributed by atoms with Crippen LogP contribution in [0.3, 0.4) is 0 Å². The van der Waals surface area contributed by atoms with Crippen molar-refractivity contribution in [1.82, 2.24) is 4.90 Å². The van der Waals surface area contributed by atoms with Crippen molar-refractivity contribution in [1.29, 1.82) is 0 Å². The summed E-state index contributed by atoms with van der Waals surface area (Å²) in [6.45, 7) is 0.718. The number of nitro benzene ring substituents is 2. The lowest BCUT2D eigenvalue weighted by atomic mass is 9.98. The van der Waals surface area contributed by atoms with Gasteiger partial charge < -0.3 is 4.90 Å². The maximum absolute atomic E-state index is 12.7. The summed E-state index contributed by atoms with van der Waals surface area (Å²) in [7, 11) is 0. The van der Waals surface area contributed by atoms with E-state index in [1.165, 1.54) is 4.90 Å². The van der Waals surface area contributed by atoms with Crippen LogP contribution in [0.2, 0.25) is 0 Å². The molecule has 2 aromatic rings. The number of rotatable bonds is 6. The van der Waals surface area contributed by atoms with Gasteiger partial charge in [-0.05, 0) is 12.3 Å². The van der Waals surface area contributed by atoms with Crippen LogP contribution in [-0.4, -0.2) is 39.5 Å². The molecule has 3 rings (SSSR count). The van der Waals surface area contributed by atoms with Gasteiger partial charge in [-0.25, -0.2) is 0 Å². The number of amides is 1. The van der Waals surface area contributed by atoms with Gasteiger partial charge in [0.25, 0.3) is 17.3 Å². The molecule has 1 aliphatic rings. The van der Waals surface area contributed by atoms with Gasteiger partial charge in [0.05, 0.1) is 21.5 Å². The highest BCUT2D eigenvalue weighted by Crippen LogP contribution is 2.27. The SMILES string of the molecule is O=C(C[C@@H]1CCN(C(=O)c2cc([N+](=O)[O-])cc([N+](=O)[O-])c2)C1)c1ccccc1. The molecule has 0 N–H and O–H groups in total. The van der Waals surface area contributed by atoms with Crippen molar-refractivity contribution in [3.63, 3.8) is 0 Å². The highest BCUT2D eigenvalue weighted by Gasteiger charge is 2.30. The Labute approximate surface area is 159 Å². The smallest absolute Gasteiger partial charge is 0.277 e. The Bertz CT molecular complexity index is 912. The summed E-state index contributed by atoms with van der Waals surface area (Å²) in [5.41, 5.74) is -0.502. The second-order valence-corrected chi connectivity index (χ2v) is 6.65. The van der Waals surface area contributed by atoms with Crippen LogP contribution in [0.5, 0.6) is 0 Å². The molecule has 0 aromatic heterocycles. The van der Waals surface area contributed by atoms with E-state index in [1.54, 1.807) is 24.3 Å². The van der Waals surface area contributed by atoms with Crippen LogP contribution in [0.1, 0.15) is 33.6 Å². The van der Waals surface area contributed by atoms with Crippen LogP contribution < -0.4 is 0 Å². The highest BCUT2D eigenvalue weighted by atomic mass is 16.6. The van der Waals surface area contributed by atoms with Gasteiger partial charge in [-0.15, -0.1) is 0 Å². The lowest BCUT2D eigenvalue weighted by Gasteiger charge is -2.16. The van der Waals surface area contributed by atoms with Gasteiger partial charge >= 0.3 is 0 Å². The third-order valence-electron chi connectivity index (χ3n) is 4.71. The van der Waals surface area contributed by atoms with E-state index < -0.39 is 27.1 Å². The first-order valence-electron chi connectivity index (χ1n) is 8.66. The number of nitro groups is 2. The quantitative estimate of drug-likeness (QED) is 0.428. The Balaban J connectivity index is 1.71. The molecule has 0 bridgehead atoms. The molecule has 0 radical (unpaired) electrons. The number of hydrogen-bond donors (Lipinski definition) is 0. The first-order chi connectivity index (χ1) is 13.3. The van der Waals surface area contributed by atoms with E-state index in [2.05, 4.69) is 0 Å². The lowest BCUT2D eigenvalue weighted by molar-refractivity contribution is -0.394. The molecule has 0 spiro atoms. The van der Waals surface area contributed by atoms with E-state index >= 15 is 0 Å². The van der Waals surface area contributed by atoms with E-state index in [9.17, 15) is 29.8 Å². The molecule has 1 heterocycles. The van der Waals surface area contributed by atoms with Gasteiger partial charge in [0, 0.05) is 37.2 Å². The third kappa shape index (κ3) is 4.20. The Morgan fingerprint density at radius 3 is 2.14 bits per heavy atom. The average molecular weight is 383 g/mol. The first-order valence-corrected chi connectivity index (χ1v) is 8.66. The Kier molecular flexibility index (Phi) is 5.44. The summed E-state index contributed by atoms with van der Waals surface area (Å²) in [5, 5.41) is 22.0. The monoisotopic (exact) mass is 383 g/mol. The summed E-state index contributed by atoms with van der Waals surface area (Å²) in [6, 6.07) is 11.8. The molecule has 144 valence electrons. The molecule has 28 heavy (non-hydrogen) atoms. The lowest BCUT2D eigenvalue weighted by Crippen LogP contribution is -2.29. The minimum absolute atomic E-state index is 0.00844. The zero-order valence-corrected chi connectivity index (χ0v) is 14.8. The second-order valence-electron chi connectivity index (χ2n) is 6.65. The van der Waals surface area contributed by atoms with Crippen LogP contribution in [-0.2, 0) is 0 Å². The van der Waals surface area contributed by atoms with Crippen LogP contribution in [0.15, 0.2) is 48.5 Å². The number of carbonyl (C=O) groups is 2. The zero-order valence-electron chi connectivity index (χ0n) is 14.8. The maximum Gasteiger partial charge on any atom is 0.277 e. The summed E-state index contributed by atoms with van der Waals surface area (Å²) in [6.07, 6.45) is 0.921. The average Bonchev–Trinajstić information content (AvgIpc) is 3.16. The topological polar surface area (TPSA) is 124 Å². The molecular weight excluding hydrogens is 366 g/mol. The normalized spacial score (nSPS) is 16.0. The number of ketones is 1. The van der Waals surface area contributed by atoms with Gasteiger partial charge in [0.1, 0.15) is 0 Å². The van der Waals surface area contributed by atoms with Crippen molar-refractivity contribution in [3.8, 4) is 0 Å². The Morgan fingerprint density at radius 1 is 0.964 bits per heavy atom. The summed E-state index contributed by atoms with van der Waals surface area (Å²) in [5.74, 6) is -0.544. The van der Waals surface area contributed by atoms with Gasteiger partial charge in [-0.1, -0.05) is 30.3 Å². The molecule has 1 saturated heterocycles. The molecule has 1 fully saturated rings. The third-order valence-corrected chi connectivity index (χ3v) is 4.71. The summed E-state index contributed by atoms with van der Waals surface area (Å²) in [4.78, 5) is 47.0. The van der Waals surface area contributed by atoms with Crippen LogP contribution in [0.25, 0.3) is 0 Å². The second kappa shape index (κ2) is 7.95. The fourth-order valence-corrected chi connectivity index (χ4v) is 3.30. The van der Waals surface area contributed by atoms with Crippen LogP contribution >= 0.6 is 0 Å². The number of hydrogen-bond acceptors (Lipinski definition) is 6. The van der Waals surface area contributed by atoms with Crippen molar-refractivity contribution < 1.29 is 19.4 Å². The predicted octanol–water partition coefficient (Wildman–Crippen LogP) is 3.24. The zero-order chi connectivity index (χ0) is 20.3. The van der Waals surface area contributed by atoms with Crippen molar-refractivity contribution >= 4 is 23.1 Å². The van der Waals surface area contributed by atoms with Crippen molar-refractivity contribution in [2.24, 2.45) is 5.92 Å². The predicted molar refractivity (Wildman–Crippen MR) is 99.2 cm³/mol. The number of benzene rings is 2. The minimum Gasteiger partial charge on any atom is -0.338 e. The molecule has 1 atom stereocenters. The molecule has 9 heteroatoms. The molecule has 1 aliphatic heterocycles. The standard InChI is InChI=1S/C19H17N3O6/c23-18(14-4-2-1-3-5-14)8-13-6-7-20(12-13)19(24)15-9-16(21(25)26)11-17(10-15)22(27)28/h1-5,9-11,13H,6-8,12H2/t13-/m0/s1. The summed E-state index contributed by atoms with van der Waals surface area (Å²) >= 11 is 0. The molecule has 9 nitrogen and oxygen atoms in total. The first kappa shape index (κ1) is 19.2. The van der Waals surface area contributed by atoms with Gasteiger partial charge in [0.2, 0.25) is 0 Å². The molecular formula is C19H17N3O6. The highest BCUT2D eigenvalue weighted by molar-refractivity contribution is 5.97. The number of non-ortho nitro benzene ring substituents is 2. The van der Waals surface area contributed by atoms with Gasteiger partial charge in [0.15, 0.2) is 5.78 Å². The fraction of sp³-hybridized carbons (Fsp3) is 0.263. The van der Waals surface area contributed by atoms with Crippen molar-refractivity contribution in [2.45, 2.75) is 12.8 Å². The van der Waals surface area contributed by atoms with Crippen LogP contribution in [0, 0.1) is 26.1 Å². The minimum atomic E-state index is -0.769. The fourth-order valence-electron chi connectivity index (χ4n) is 3.30. The Hall–Kier alpha value is -3.62. The number of Topliss-reactive ketones (excluding diaryl/α,β-unsaturated/α-hetero) is 1. The van der Waals surface area contributed by atoms with E-state index in [0.29, 0.717) is 31.5 Å². The van der Waals surface area contributed by atoms with E-state index in [0.717, 1.165) is 18.2 Å². The van der Waals surface area contributed by atoms with Gasteiger partial charge in [-0.3, -0.25) is 29.8 Å². The maximum atomic E-state index is 12.7. The van der Waals surface area contributed by atoms with E-state index in [1.807, 2.05) is 6.07 Å². The number of carbonyl (C=O) groups excluding carboxylic acids is 2. The van der Waals surface area contributed by atoms with Crippen molar-refractivity contribution in [2.75, 3.05) is 13.1 Å². The van der Waals surface area contributed by atoms with Gasteiger partial charge in [-0.2, -0.15) is 0 Å². The van der Waals surface area contributed by atoms with E-state index in [4.69, 9.17) is 0 Å². The molecule has 0 saturated carbocycles. The Morgan fingerprint density at radius 2 is 1.57 bits per heavy atom. The number of likely N-dealkylation sites (tertiary alicyclic amines) is 1.